The summed E-state index contributed by atoms with van der Waals surface area (Å²) in [4.78, 5) is 11.3. The van der Waals surface area contributed by atoms with E-state index in [0.29, 0.717) is 23.3 Å². The van der Waals surface area contributed by atoms with Crippen molar-refractivity contribution in [1.82, 2.24) is 9.97 Å². The summed E-state index contributed by atoms with van der Waals surface area (Å²) in [5.74, 6) is 3.45. The van der Waals surface area contributed by atoms with E-state index in [1.54, 1.807) is 27.7 Å². The lowest BCUT2D eigenvalue weighted by Gasteiger charge is -2.36. The van der Waals surface area contributed by atoms with E-state index < -0.39 is 0 Å². The number of benzene rings is 1. The summed E-state index contributed by atoms with van der Waals surface area (Å²) in [6.07, 6.45) is 6.44. The van der Waals surface area contributed by atoms with E-state index >= 15 is 0 Å². The Kier molecular flexibility index (Phi) is 6.21. The van der Waals surface area contributed by atoms with E-state index in [1.807, 2.05) is 18.2 Å². The minimum absolute atomic E-state index is 0.544. The van der Waals surface area contributed by atoms with E-state index in [2.05, 4.69) is 27.1 Å². The monoisotopic (exact) mass is 372 g/mol. The highest BCUT2D eigenvalue weighted by Crippen LogP contribution is 2.40. The fourth-order valence-electron chi connectivity index (χ4n) is 3.60. The average Bonchev–Trinajstić information content (AvgIpc) is 2.73. The predicted octanol–water partition coefficient (Wildman–Crippen LogP) is 4.01. The summed E-state index contributed by atoms with van der Waals surface area (Å²) in [5.41, 5.74) is 0.805. The highest BCUT2D eigenvalue weighted by atomic mass is 16.5. The first kappa shape index (κ1) is 19.1. The maximum absolute atomic E-state index is 5.42. The van der Waals surface area contributed by atoms with Gasteiger partial charge >= 0.3 is 0 Å². The smallest absolute Gasteiger partial charge is 0.203 e. The minimum atomic E-state index is 0.544. The molecule has 1 unspecified atom stereocenters. The van der Waals surface area contributed by atoms with Crippen LogP contribution in [-0.4, -0.2) is 43.9 Å². The Labute approximate surface area is 160 Å². The van der Waals surface area contributed by atoms with Crippen molar-refractivity contribution in [2.45, 2.75) is 38.6 Å². The number of hydrogen-bond donors (Lipinski definition) is 1. The Bertz CT molecular complexity index is 744. The maximum atomic E-state index is 5.42. The number of methoxy groups -OCH3 is 3. The zero-order valence-corrected chi connectivity index (χ0v) is 16.5. The number of piperidine rings is 1. The molecule has 0 spiro atoms. The van der Waals surface area contributed by atoms with Gasteiger partial charge in [-0.3, -0.25) is 0 Å². The van der Waals surface area contributed by atoms with E-state index in [-0.39, 0.29) is 0 Å². The van der Waals surface area contributed by atoms with Gasteiger partial charge < -0.3 is 24.4 Å². The van der Waals surface area contributed by atoms with Gasteiger partial charge in [0.05, 0.1) is 21.3 Å². The lowest BCUT2D eigenvalue weighted by atomic mass is 10.0. The van der Waals surface area contributed by atoms with Gasteiger partial charge in [-0.05, 0) is 25.7 Å². The molecule has 1 saturated heterocycles. The standard InChI is InChI=1S/C20H28N4O3/c1-5-15-8-6-7-9-24(15)19-12-18(21-13-22-19)23-14-10-16(25-2)20(27-4)17(11-14)26-3/h10-13,15H,5-9H2,1-4H3,(H,21,22,23). The van der Waals surface area contributed by atoms with Crippen LogP contribution in [0.25, 0.3) is 0 Å². The molecular formula is C20H28N4O3. The number of rotatable bonds is 7. The number of aromatic nitrogens is 2. The highest BCUT2D eigenvalue weighted by Gasteiger charge is 2.22. The molecule has 1 aromatic carbocycles. The quantitative estimate of drug-likeness (QED) is 0.787. The van der Waals surface area contributed by atoms with Crippen molar-refractivity contribution in [2.75, 3.05) is 38.1 Å². The van der Waals surface area contributed by atoms with Gasteiger partial charge in [0.2, 0.25) is 5.75 Å². The van der Waals surface area contributed by atoms with Crippen LogP contribution in [0.4, 0.5) is 17.3 Å². The predicted molar refractivity (Wildman–Crippen MR) is 107 cm³/mol. The van der Waals surface area contributed by atoms with Crippen molar-refractivity contribution in [3.05, 3.63) is 24.5 Å². The summed E-state index contributed by atoms with van der Waals surface area (Å²) in [5, 5.41) is 3.32. The second kappa shape index (κ2) is 8.79. The van der Waals surface area contributed by atoms with Gasteiger partial charge in [0.15, 0.2) is 11.5 Å². The van der Waals surface area contributed by atoms with E-state index in [0.717, 1.165) is 30.3 Å². The van der Waals surface area contributed by atoms with Crippen molar-refractivity contribution in [3.8, 4) is 17.2 Å². The van der Waals surface area contributed by atoms with Crippen molar-refractivity contribution in [2.24, 2.45) is 0 Å². The first-order chi connectivity index (χ1) is 13.2. The zero-order chi connectivity index (χ0) is 19.2. The van der Waals surface area contributed by atoms with Gasteiger partial charge in [-0.15, -0.1) is 0 Å². The fraction of sp³-hybridized carbons (Fsp3) is 0.500. The van der Waals surface area contributed by atoms with Crippen LogP contribution in [0.3, 0.4) is 0 Å². The van der Waals surface area contributed by atoms with Crippen molar-refractivity contribution in [3.63, 3.8) is 0 Å². The second-order valence-electron chi connectivity index (χ2n) is 6.55. The van der Waals surface area contributed by atoms with Gasteiger partial charge in [-0.25, -0.2) is 9.97 Å². The topological polar surface area (TPSA) is 68.7 Å². The lowest BCUT2D eigenvalue weighted by Crippen LogP contribution is -2.39. The Hall–Kier alpha value is -2.70. The molecule has 1 fully saturated rings. The molecule has 1 atom stereocenters. The number of nitrogens with zero attached hydrogens (tertiary/aromatic N) is 3. The van der Waals surface area contributed by atoms with Crippen LogP contribution in [0.15, 0.2) is 24.5 Å². The first-order valence-corrected chi connectivity index (χ1v) is 9.35. The third-order valence-corrected chi connectivity index (χ3v) is 4.98. The molecule has 0 radical (unpaired) electrons. The molecule has 1 aliphatic rings. The lowest BCUT2D eigenvalue weighted by molar-refractivity contribution is 0.324. The van der Waals surface area contributed by atoms with Gasteiger partial charge in [-0.2, -0.15) is 0 Å². The summed E-state index contributed by atoms with van der Waals surface area (Å²) >= 11 is 0. The Morgan fingerprint density at radius 1 is 1.04 bits per heavy atom. The van der Waals surface area contributed by atoms with E-state index in [9.17, 15) is 0 Å². The van der Waals surface area contributed by atoms with Crippen LogP contribution in [-0.2, 0) is 0 Å². The van der Waals surface area contributed by atoms with E-state index in [4.69, 9.17) is 14.2 Å². The van der Waals surface area contributed by atoms with Crippen LogP contribution in [0, 0.1) is 0 Å². The van der Waals surface area contributed by atoms with Gasteiger partial charge in [0, 0.05) is 36.5 Å². The number of hydrogen-bond acceptors (Lipinski definition) is 7. The van der Waals surface area contributed by atoms with Gasteiger partial charge in [-0.1, -0.05) is 6.92 Å². The molecule has 1 N–H and O–H groups in total. The molecule has 0 saturated carbocycles. The van der Waals surface area contributed by atoms with Crippen molar-refractivity contribution in [1.29, 1.82) is 0 Å². The molecule has 3 rings (SSSR count). The normalized spacial score (nSPS) is 16.7. The Morgan fingerprint density at radius 2 is 1.78 bits per heavy atom. The molecule has 7 heteroatoms. The van der Waals surface area contributed by atoms with Crippen molar-refractivity contribution >= 4 is 17.3 Å². The Balaban J connectivity index is 1.86. The van der Waals surface area contributed by atoms with E-state index in [1.165, 1.54) is 19.3 Å². The molecule has 27 heavy (non-hydrogen) atoms. The third kappa shape index (κ3) is 4.18. The molecule has 1 aromatic heterocycles. The molecule has 1 aliphatic heterocycles. The molecule has 7 nitrogen and oxygen atoms in total. The largest absolute Gasteiger partial charge is 0.493 e. The first-order valence-electron chi connectivity index (χ1n) is 9.35. The number of nitrogens with one attached hydrogen (secondary N) is 1. The highest BCUT2D eigenvalue weighted by molar-refractivity contribution is 5.67. The SMILES string of the molecule is CCC1CCCCN1c1cc(Nc2cc(OC)c(OC)c(OC)c2)ncn1. The third-order valence-electron chi connectivity index (χ3n) is 4.98. The van der Waals surface area contributed by atoms with Crippen molar-refractivity contribution < 1.29 is 14.2 Å². The van der Waals surface area contributed by atoms with Crippen LogP contribution in [0.2, 0.25) is 0 Å². The summed E-state index contributed by atoms with van der Waals surface area (Å²) in [7, 11) is 4.79. The molecule has 2 heterocycles. The molecular weight excluding hydrogens is 344 g/mol. The maximum Gasteiger partial charge on any atom is 0.203 e. The van der Waals surface area contributed by atoms with Crippen LogP contribution in [0.5, 0.6) is 17.2 Å². The average molecular weight is 372 g/mol. The number of anilines is 3. The summed E-state index contributed by atoms with van der Waals surface area (Å²) < 4.78 is 16.2. The van der Waals surface area contributed by atoms with Crippen LogP contribution >= 0.6 is 0 Å². The molecule has 0 bridgehead atoms. The van der Waals surface area contributed by atoms with Crippen LogP contribution in [0.1, 0.15) is 32.6 Å². The fourth-order valence-corrected chi connectivity index (χ4v) is 3.60. The minimum Gasteiger partial charge on any atom is -0.493 e. The molecule has 0 aliphatic carbocycles. The molecule has 2 aromatic rings. The summed E-state index contributed by atoms with van der Waals surface area (Å²) in [6.45, 7) is 3.28. The van der Waals surface area contributed by atoms with Gasteiger partial charge in [0.25, 0.3) is 0 Å². The molecule has 146 valence electrons. The van der Waals surface area contributed by atoms with Crippen LogP contribution < -0.4 is 24.4 Å². The summed E-state index contributed by atoms with van der Waals surface area (Å²) in [6, 6.07) is 6.26. The van der Waals surface area contributed by atoms with Gasteiger partial charge in [0.1, 0.15) is 18.0 Å². The zero-order valence-electron chi connectivity index (χ0n) is 16.5. The Morgan fingerprint density at radius 3 is 2.41 bits per heavy atom. The molecule has 0 amide bonds. The second-order valence-corrected chi connectivity index (χ2v) is 6.55. The number of ether oxygens (including phenoxy) is 3.